The van der Waals surface area contributed by atoms with Crippen LogP contribution in [0.5, 0.6) is 0 Å². The van der Waals surface area contributed by atoms with Gasteiger partial charge in [-0.05, 0) is 57.4 Å². The van der Waals surface area contributed by atoms with Crippen LogP contribution in [0.15, 0.2) is 36.7 Å². The van der Waals surface area contributed by atoms with Crippen molar-refractivity contribution in [2.45, 2.75) is 45.7 Å². The van der Waals surface area contributed by atoms with Crippen LogP contribution in [0, 0.1) is 12.7 Å². The van der Waals surface area contributed by atoms with E-state index in [0.717, 1.165) is 67.2 Å². The van der Waals surface area contributed by atoms with E-state index in [1.54, 1.807) is 6.07 Å². The van der Waals surface area contributed by atoms with Crippen molar-refractivity contribution < 1.29 is 9.18 Å². The normalized spacial score (nSPS) is 16.7. The Bertz CT molecular complexity index is 1160. The Morgan fingerprint density at radius 1 is 1.19 bits per heavy atom. The summed E-state index contributed by atoms with van der Waals surface area (Å²) in [6.07, 6.45) is 5.98. The number of imidazole rings is 1. The molecule has 1 aliphatic carbocycles. The van der Waals surface area contributed by atoms with Crippen LogP contribution in [0.2, 0.25) is 0 Å². The number of hydrogen-bond donors (Lipinski definition) is 1. The number of benzene rings is 1. The summed E-state index contributed by atoms with van der Waals surface area (Å²) in [5, 5.41) is 3.39. The number of pyridine rings is 1. The van der Waals surface area contributed by atoms with Crippen molar-refractivity contribution in [3.63, 3.8) is 0 Å². The molecule has 0 spiro atoms. The van der Waals surface area contributed by atoms with Crippen LogP contribution >= 0.6 is 0 Å². The molecule has 2 aromatic heterocycles. The number of fused-ring (bicyclic) bond motifs is 1. The number of halogens is 1. The highest BCUT2D eigenvalue weighted by molar-refractivity contribution is 6.03. The third-order valence-corrected chi connectivity index (χ3v) is 6.53. The van der Waals surface area contributed by atoms with Gasteiger partial charge in [0, 0.05) is 50.0 Å². The molecule has 3 heterocycles. The number of aromatic nitrogens is 2. The highest BCUT2D eigenvalue weighted by Crippen LogP contribution is 2.36. The van der Waals surface area contributed by atoms with Gasteiger partial charge in [-0.1, -0.05) is 6.07 Å². The van der Waals surface area contributed by atoms with Crippen LogP contribution in [0.3, 0.4) is 0 Å². The predicted octanol–water partition coefficient (Wildman–Crippen LogP) is 3.87. The maximum Gasteiger partial charge on any atom is 0.255 e. The van der Waals surface area contributed by atoms with Crippen molar-refractivity contribution in [1.29, 1.82) is 0 Å². The molecule has 2 fully saturated rings. The maximum absolute atomic E-state index is 14.4. The second kappa shape index (κ2) is 8.20. The molecule has 0 bridgehead atoms. The summed E-state index contributed by atoms with van der Waals surface area (Å²) in [4.78, 5) is 22.4. The van der Waals surface area contributed by atoms with Gasteiger partial charge < -0.3 is 19.5 Å². The number of hydrogen-bond acceptors (Lipinski definition) is 4. The summed E-state index contributed by atoms with van der Waals surface area (Å²) in [5.74, 6) is 0.393. The highest BCUT2D eigenvalue weighted by Gasteiger charge is 2.36. The number of nitrogens with zero attached hydrogens (tertiary/aromatic N) is 4. The molecule has 5 rings (SSSR count). The maximum atomic E-state index is 14.4. The first-order valence-electron chi connectivity index (χ1n) is 11.5. The van der Waals surface area contributed by atoms with E-state index < -0.39 is 5.82 Å². The van der Waals surface area contributed by atoms with E-state index in [1.807, 2.05) is 31.9 Å². The quantitative estimate of drug-likeness (QED) is 0.661. The molecule has 6 nitrogen and oxygen atoms in total. The van der Waals surface area contributed by atoms with Crippen LogP contribution < -0.4 is 10.2 Å². The molecule has 168 valence electrons. The Morgan fingerprint density at radius 3 is 2.62 bits per heavy atom. The Kier molecular flexibility index (Phi) is 5.37. The van der Waals surface area contributed by atoms with Crippen LogP contribution in [0.25, 0.3) is 16.6 Å². The zero-order valence-electron chi connectivity index (χ0n) is 18.9. The molecule has 1 saturated carbocycles. The predicted molar refractivity (Wildman–Crippen MR) is 125 cm³/mol. The summed E-state index contributed by atoms with van der Waals surface area (Å²) in [6, 6.07) is 7.03. The summed E-state index contributed by atoms with van der Waals surface area (Å²) < 4.78 is 16.5. The summed E-state index contributed by atoms with van der Waals surface area (Å²) in [6.45, 7) is 9.72. The Labute approximate surface area is 188 Å². The minimum absolute atomic E-state index is 0.0653. The molecule has 1 saturated heterocycles. The van der Waals surface area contributed by atoms with E-state index in [4.69, 9.17) is 0 Å². The largest absolute Gasteiger partial charge is 0.368 e. The van der Waals surface area contributed by atoms with Crippen molar-refractivity contribution in [2.24, 2.45) is 0 Å². The van der Waals surface area contributed by atoms with Crippen molar-refractivity contribution in [3.8, 4) is 11.1 Å². The van der Waals surface area contributed by atoms with Crippen LogP contribution in [-0.4, -0.2) is 58.5 Å². The average Bonchev–Trinajstić information content (AvgIpc) is 3.55. The molecule has 32 heavy (non-hydrogen) atoms. The van der Waals surface area contributed by atoms with Gasteiger partial charge in [0.05, 0.1) is 23.0 Å². The molecule has 1 aromatic carbocycles. The lowest BCUT2D eigenvalue weighted by atomic mass is 9.97. The SMILES string of the molecule is Cc1ncc2c(-c3ccc(F)cc3C(=O)N(C(C)C)C3CC3)cc(N3CCNCC3)cn12. The Hall–Kier alpha value is -2.93. The van der Waals surface area contributed by atoms with E-state index in [9.17, 15) is 9.18 Å². The highest BCUT2D eigenvalue weighted by atomic mass is 19.1. The molecule has 1 amide bonds. The molecule has 1 aliphatic heterocycles. The lowest BCUT2D eigenvalue weighted by molar-refractivity contribution is 0.0690. The van der Waals surface area contributed by atoms with Crippen LogP contribution in [-0.2, 0) is 0 Å². The van der Waals surface area contributed by atoms with E-state index in [0.29, 0.717) is 5.56 Å². The van der Waals surface area contributed by atoms with Crippen LogP contribution in [0.4, 0.5) is 10.1 Å². The average molecular weight is 436 g/mol. The first-order valence-corrected chi connectivity index (χ1v) is 11.5. The second-order valence-corrected chi connectivity index (χ2v) is 9.14. The molecule has 0 unspecified atom stereocenters. The number of rotatable bonds is 5. The minimum atomic E-state index is -0.393. The number of carbonyl (C=O) groups excluding carboxylic acids is 1. The summed E-state index contributed by atoms with van der Waals surface area (Å²) in [7, 11) is 0. The molecule has 7 heteroatoms. The fourth-order valence-corrected chi connectivity index (χ4v) is 4.76. The number of aryl methyl sites for hydroxylation is 1. The lowest BCUT2D eigenvalue weighted by Gasteiger charge is -2.30. The summed E-state index contributed by atoms with van der Waals surface area (Å²) in [5.41, 5.74) is 4.09. The number of amides is 1. The smallest absolute Gasteiger partial charge is 0.255 e. The van der Waals surface area contributed by atoms with Gasteiger partial charge in [-0.3, -0.25) is 4.79 Å². The molecule has 3 aromatic rings. The van der Waals surface area contributed by atoms with Gasteiger partial charge in [0.2, 0.25) is 0 Å². The van der Waals surface area contributed by atoms with Gasteiger partial charge >= 0.3 is 0 Å². The van der Waals surface area contributed by atoms with E-state index >= 15 is 0 Å². The van der Waals surface area contributed by atoms with Crippen molar-refractivity contribution >= 4 is 17.1 Å². The van der Waals surface area contributed by atoms with Gasteiger partial charge in [-0.15, -0.1) is 0 Å². The molecule has 1 N–H and O–H groups in total. The summed E-state index contributed by atoms with van der Waals surface area (Å²) >= 11 is 0. The molecular weight excluding hydrogens is 405 g/mol. The number of nitrogens with one attached hydrogen (secondary N) is 1. The van der Waals surface area contributed by atoms with E-state index in [-0.39, 0.29) is 18.0 Å². The molecule has 0 atom stereocenters. The minimum Gasteiger partial charge on any atom is -0.368 e. The molecule has 2 aliphatic rings. The van der Waals surface area contributed by atoms with Gasteiger partial charge in [0.25, 0.3) is 5.91 Å². The Balaban J connectivity index is 1.68. The van der Waals surface area contributed by atoms with Crippen LogP contribution in [0.1, 0.15) is 42.9 Å². The monoisotopic (exact) mass is 435 g/mol. The van der Waals surface area contributed by atoms with Gasteiger partial charge in [0.1, 0.15) is 11.6 Å². The van der Waals surface area contributed by atoms with Crippen molar-refractivity contribution in [1.82, 2.24) is 19.6 Å². The fourth-order valence-electron chi connectivity index (χ4n) is 4.76. The molecular formula is C25H30FN5O. The van der Waals surface area contributed by atoms with Gasteiger partial charge in [-0.2, -0.15) is 0 Å². The Morgan fingerprint density at radius 2 is 1.94 bits per heavy atom. The first-order chi connectivity index (χ1) is 15.4. The molecule has 0 radical (unpaired) electrons. The number of anilines is 1. The number of carbonyl (C=O) groups is 1. The standard InChI is InChI=1S/C25H30FN5O/c1-16(2)31(19-5-6-19)25(32)23-12-18(26)4-7-21(23)22-13-20(29-10-8-27-9-11-29)15-30-17(3)28-14-24(22)30/h4,7,12-16,19,27H,5-6,8-11H2,1-3H3. The van der Waals surface area contributed by atoms with Gasteiger partial charge in [-0.25, -0.2) is 9.37 Å². The third-order valence-electron chi connectivity index (χ3n) is 6.53. The van der Waals surface area contributed by atoms with E-state index in [1.165, 1.54) is 12.1 Å². The second-order valence-electron chi connectivity index (χ2n) is 9.14. The van der Waals surface area contributed by atoms with Crippen molar-refractivity contribution in [3.05, 3.63) is 53.9 Å². The zero-order chi connectivity index (χ0) is 22.4. The zero-order valence-corrected chi connectivity index (χ0v) is 18.9. The third kappa shape index (κ3) is 3.75. The topological polar surface area (TPSA) is 52.9 Å². The first kappa shape index (κ1) is 20.9. The fraction of sp³-hybridized carbons (Fsp3) is 0.440. The number of piperazine rings is 1. The van der Waals surface area contributed by atoms with Gasteiger partial charge in [0.15, 0.2) is 0 Å². The van der Waals surface area contributed by atoms with Crippen molar-refractivity contribution in [2.75, 3.05) is 31.1 Å². The van der Waals surface area contributed by atoms with E-state index in [2.05, 4.69) is 31.9 Å². The lowest BCUT2D eigenvalue weighted by Crippen LogP contribution is -2.43.